The Morgan fingerprint density at radius 1 is 1.06 bits per heavy atom. The van der Waals surface area contributed by atoms with E-state index in [-0.39, 0.29) is 5.56 Å². The Bertz CT molecular complexity index is 1500. The highest BCUT2D eigenvalue weighted by atomic mass is 35.5. The number of pyridine rings is 2. The van der Waals surface area contributed by atoms with Crippen LogP contribution in [0, 0.1) is 6.92 Å². The van der Waals surface area contributed by atoms with Crippen molar-refractivity contribution in [3.63, 3.8) is 0 Å². The molecule has 170 valence electrons. The fraction of sp³-hybridized carbons (Fsp3) is 0.130. The van der Waals surface area contributed by atoms with Gasteiger partial charge in [-0.15, -0.1) is 5.10 Å². The second-order valence-corrected chi connectivity index (χ2v) is 8.09. The van der Waals surface area contributed by atoms with Gasteiger partial charge in [-0.05, 0) is 59.3 Å². The average molecular weight is 474 g/mol. The van der Waals surface area contributed by atoms with Gasteiger partial charge in [0.2, 0.25) is 0 Å². The first kappa shape index (κ1) is 21.5. The molecule has 0 amide bonds. The number of halogens is 1. The lowest BCUT2D eigenvalue weighted by molar-refractivity contribution is 0.700. The SMILES string of the molecule is CNc1ccc(-c2cnc(Cn3c(C)cc(-c4cc(Cl)ccc4-n4cnnn4)cc3=O)[nH]2)cn1. The van der Waals surface area contributed by atoms with E-state index in [2.05, 4.69) is 35.8 Å². The number of aryl methyl sites for hydroxylation is 1. The van der Waals surface area contributed by atoms with Gasteiger partial charge in [0.15, 0.2) is 0 Å². The fourth-order valence-corrected chi connectivity index (χ4v) is 3.91. The summed E-state index contributed by atoms with van der Waals surface area (Å²) in [6.45, 7) is 2.19. The standard InChI is InChI=1S/C23H20ClN9O/c1-14-7-16(18-9-17(24)4-5-20(18)33-13-28-30-31-33)8-23(34)32(14)12-22-27-11-19(29-22)15-3-6-21(25-2)26-10-15/h3-11,13H,12H2,1-2H3,(H,25,26)(H,27,29). The second kappa shape index (κ2) is 8.91. The number of aromatic amines is 1. The molecule has 0 aliphatic heterocycles. The van der Waals surface area contributed by atoms with Crippen LogP contribution in [0.4, 0.5) is 5.82 Å². The Morgan fingerprint density at radius 3 is 2.65 bits per heavy atom. The van der Waals surface area contributed by atoms with Gasteiger partial charge in [0.05, 0.1) is 24.1 Å². The van der Waals surface area contributed by atoms with Gasteiger partial charge in [0.1, 0.15) is 18.0 Å². The molecule has 5 rings (SSSR count). The molecule has 0 unspecified atom stereocenters. The molecule has 5 aromatic rings. The Balaban J connectivity index is 1.46. The summed E-state index contributed by atoms with van der Waals surface area (Å²) < 4.78 is 3.20. The van der Waals surface area contributed by atoms with Crippen molar-refractivity contribution in [3.05, 3.63) is 88.1 Å². The first-order valence-corrected chi connectivity index (χ1v) is 10.8. The van der Waals surface area contributed by atoms with Crippen molar-refractivity contribution < 1.29 is 0 Å². The van der Waals surface area contributed by atoms with Crippen molar-refractivity contribution in [2.45, 2.75) is 13.5 Å². The van der Waals surface area contributed by atoms with Crippen molar-refractivity contribution >= 4 is 17.4 Å². The van der Waals surface area contributed by atoms with Crippen LogP contribution in [-0.4, -0.2) is 46.8 Å². The fourth-order valence-electron chi connectivity index (χ4n) is 3.74. The number of hydrogen-bond acceptors (Lipinski definition) is 7. The molecule has 4 heterocycles. The number of hydrogen-bond donors (Lipinski definition) is 2. The van der Waals surface area contributed by atoms with Gasteiger partial charge in [0.25, 0.3) is 5.56 Å². The molecular weight excluding hydrogens is 454 g/mol. The van der Waals surface area contributed by atoms with Gasteiger partial charge in [0, 0.05) is 41.2 Å². The molecule has 0 saturated heterocycles. The molecule has 4 aromatic heterocycles. The van der Waals surface area contributed by atoms with Gasteiger partial charge in [-0.25, -0.2) is 9.97 Å². The smallest absolute Gasteiger partial charge is 0.251 e. The summed E-state index contributed by atoms with van der Waals surface area (Å²) in [6.07, 6.45) is 5.00. The minimum atomic E-state index is -0.157. The van der Waals surface area contributed by atoms with Crippen LogP contribution in [0.2, 0.25) is 5.02 Å². The summed E-state index contributed by atoms with van der Waals surface area (Å²) in [5.41, 5.74) is 4.57. The highest BCUT2D eigenvalue weighted by Gasteiger charge is 2.14. The summed E-state index contributed by atoms with van der Waals surface area (Å²) in [7, 11) is 1.82. The van der Waals surface area contributed by atoms with Crippen LogP contribution in [0.25, 0.3) is 28.1 Å². The second-order valence-electron chi connectivity index (χ2n) is 7.65. The van der Waals surface area contributed by atoms with E-state index in [0.717, 1.165) is 39.6 Å². The molecule has 0 bridgehead atoms. The van der Waals surface area contributed by atoms with E-state index in [1.54, 1.807) is 35.2 Å². The zero-order valence-electron chi connectivity index (χ0n) is 18.4. The Kier molecular flexibility index (Phi) is 5.64. The average Bonchev–Trinajstić information content (AvgIpc) is 3.54. The minimum absolute atomic E-state index is 0.157. The quantitative estimate of drug-likeness (QED) is 0.388. The largest absolute Gasteiger partial charge is 0.373 e. The van der Waals surface area contributed by atoms with E-state index in [9.17, 15) is 4.79 Å². The zero-order valence-corrected chi connectivity index (χ0v) is 19.2. The molecule has 0 aliphatic rings. The molecule has 2 N–H and O–H groups in total. The maximum atomic E-state index is 13.1. The molecule has 0 fully saturated rings. The van der Waals surface area contributed by atoms with Crippen molar-refractivity contribution in [2.24, 2.45) is 0 Å². The summed E-state index contributed by atoms with van der Waals surface area (Å²) in [4.78, 5) is 25.1. The van der Waals surface area contributed by atoms with Crippen LogP contribution in [0.5, 0.6) is 0 Å². The molecular formula is C23H20ClN9O. The van der Waals surface area contributed by atoms with Crippen molar-refractivity contribution in [3.8, 4) is 28.1 Å². The van der Waals surface area contributed by atoms with E-state index in [4.69, 9.17) is 11.6 Å². The van der Waals surface area contributed by atoms with Crippen molar-refractivity contribution in [1.29, 1.82) is 0 Å². The molecule has 0 aliphatic carbocycles. The predicted octanol–water partition coefficient (Wildman–Crippen LogP) is 3.33. The third-order valence-electron chi connectivity index (χ3n) is 5.47. The summed E-state index contributed by atoms with van der Waals surface area (Å²) in [5.74, 6) is 1.46. The van der Waals surface area contributed by atoms with E-state index in [0.29, 0.717) is 17.4 Å². The number of nitrogens with one attached hydrogen (secondary N) is 2. The first-order chi connectivity index (χ1) is 16.5. The number of nitrogens with zero attached hydrogens (tertiary/aromatic N) is 7. The molecule has 0 atom stereocenters. The third-order valence-corrected chi connectivity index (χ3v) is 5.70. The van der Waals surface area contributed by atoms with Crippen LogP contribution in [0.1, 0.15) is 11.5 Å². The van der Waals surface area contributed by atoms with Crippen LogP contribution >= 0.6 is 11.6 Å². The Morgan fingerprint density at radius 2 is 1.94 bits per heavy atom. The number of H-pyrrole nitrogens is 1. The number of imidazole rings is 1. The summed E-state index contributed by atoms with van der Waals surface area (Å²) in [6, 6.07) is 12.7. The number of aromatic nitrogens is 8. The molecule has 1 aromatic carbocycles. The van der Waals surface area contributed by atoms with E-state index >= 15 is 0 Å². The van der Waals surface area contributed by atoms with Gasteiger partial charge < -0.3 is 14.9 Å². The van der Waals surface area contributed by atoms with Gasteiger partial charge >= 0.3 is 0 Å². The number of rotatable bonds is 6. The normalized spacial score (nSPS) is 11.0. The maximum absolute atomic E-state index is 13.1. The zero-order chi connectivity index (χ0) is 23.7. The van der Waals surface area contributed by atoms with Crippen molar-refractivity contribution in [2.75, 3.05) is 12.4 Å². The summed E-state index contributed by atoms with van der Waals surface area (Å²) in [5, 5.41) is 14.9. The van der Waals surface area contributed by atoms with Crippen LogP contribution < -0.4 is 10.9 Å². The van der Waals surface area contributed by atoms with Crippen LogP contribution in [0.15, 0.2) is 66.0 Å². The van der Waals surface area contributed by atoms with Gasteiger partial charge in [-0.3, -0.25) is 4.79 Å². The molecule has 10 nitrogen and oxygen atoms in total. The monoisotopic (exact) mass is 473 g/mol. The molecule has 11 heteroatoms. The van der Waals surface area contributed by atoms with Gasteiger partial charge in [-0.1, -0.05) is 11.6 Å². The topological polar surface area (TPSA) is 119 Å². The van der Waals surface area contributed by atoms with Crippen LogP contribution in [-0.2, 0) is 6.54 Å². The minimum Gasteiger partial charge on any atom is -0.373 e. The lowest BCUT2D eigenvalue weighted by Gasteiger charge is -2.13. The van der Waals surface area contributed by atoms with E-state index in [1.165, 1.54) is 11.0 Å². The van der Waals surface area contributed by atoms with E-state index < -0.39 is 0 Å². The lowest BCUT2D eigenvalue weighted by atomic mass is 10.0. The highest BCUT2D eigenvalue weighted by molar-refractivity contribution is 6.31. The molecule has 0 spiro atoms. The Hall–Kier alpha value is -4.31. The molecule has 34 heavy (non-hydrogen) atoms. The van der Waals surface area contributed by atoms with Crippen LogP contribution in [0.3, 0.4) is 0 Å². The maximum Gasteiger partial charge on any atom is 0.251 e. The van der Waals surface area contributed by atoms with Gasteiger partial charge in [-0.2, -0.15) is 4.68 Å². The molecule has 0 saturated carbocycles. The third kappa shape index (κ3) is 4.18. The van der Waals surface area contributed by atoms with E-state index in [1.807, 2.05) is 38.2 Å². The first-order valence-electron chi connectivity index (χ1n) is 10.4. The Labute approximate surface area is 199 Å². The highest BCUT2D eigenvalue weighted by Crippen LogP contribution is 2.29. The molecule has 0 radical (unpaired) electrons. The number of anilines is 1. The predicted molar refractivity (Wildman–Crippen MR) is 129 cm³/mol. The van der Waals surface area contributed by atoms with Crippen molar-refractivity contribution in [1.82, 2.24) is 39.7 Å². The number of tetrazole rings is 1. The lowest BCUT2D eigenvalue weighted by Crippen LogP contribution is -2.23. The number of benzene rings is 1. The summed E-state index contributed by atoms with van der Waals surface area (Å²) >= 11 is 6.25.